The van der Waals surface area contributed by atoms with Gasteiger partial charge in [0.05, 0.1) is 13.0 Å². The van der Waals surface area contributed by atoms with Gasteiger partial charge >= 0.3 is 0 Å². The third-order valence-electron chi connectivity index (χ3n) is 3.88. The Kier molecular flexibility index (Phi) is 2.74. The average Bonchev–Trinajstić information content (AvgIpc) is 2.95. The molecule has 2 aromatic rings. The largest absolute Gasteiger partial charge is 0.496 e. The quantitative estimate of drug-likeness (QED) is 0.885. The first-order valence-electron chi connectivity index (χ1n) is 6.40. The SMILES string of the molecule is COc1ccc2nc(C3CCCC3N)oc2c1C. The highest BCUT2D eigenvalue weighted by atomic mass is 16.5. The Labute approximate surface area is 106 Å². The summed E-state index contributed by atoms with van der Waals surface area (Å²) in [4.78, 5) is 4.58. The number of oxazole rings is 1. The Balaban J connectivity index is 2.08. The number of hydrogen-bond donors (Lipinski definition) is 1. The number of ether oxygens (including phenoxy) is 1. The van der Waals surface area contributed by atoms with Crippen LogP contribution < -0.4 is 10.5 Å². The molecule has 1 saturated carbocycles. The maximum atomic E-state index is 6.10. The van der Waals surface area contributed by atoms with E-state index in [0.717, 1.165) is 47.6 Å². The van der Waals surface area contributed by atoms with Crippen molar-refractivity contribution in [2.75, 3.05) is 7.11 Å². The number of methoxy groups -OCH3 is 1. The summed E-state index contributed by atoms with van der Waals surface area (Å²) < 4.78 is 11.2. The highest BCUT2D eigenvalue weighted by molar-refractivity contribution is 5.79. The molecule has 1 heterocycles. The van der Waals surface area contributed by atoms with E-state index in [2.05, 4.69) is 4.98 Å². The third kappa shape index (κ3) is 1.68. The van der Waals surface area contributed by atoms with E-state index < -0.39 is 0 Å². The predicted molar refractivity (Wildman–Crippen MR) is 69.9 cm³/mol. The molecular weight excluding hydrogens is 228 g/mol. The standard InChI is InChI=1S/C14H18N2O2/c1-8-12(17-2)7-6-11-13(8)18-14(16-11)9-4-3-5-10(9)15/h6-7,9-10H,3-5,15H2,1-2H3. The Morgan fingerprint density at radius 1 is 1.39 bits per heavy atom. The van der Waals surface area contributed by atoms with Crippen molar-refractivity contribution in [2.24, 2.45) is 5.73 Å². The van der Waals surface area contributed by atoms with E-state index >= 15 is 0 Å². The van der Waals surface area contributed by atoms with Gasteiger partial charge in [-0.15, -0.1) is 0 Å². The van der Waals surface area contributed by atoms with Gasteiger partial charge in [-0.1, -0.05) is 6.42 Å². The van der Waals surface area contributed by atoms with Crippen LogP contribution >= 0.6 is 0 Å². The molecule has 0 saturated heterocycles. The first kappa shape index (κ1) is 11.5. The van der Waals surface area contributed by atoms with Crippen molar-refractivity contribution in [3.05, 3.63) is 23.6 Å². The highest BCUT2D eigenvalue weighted by Crippen LogP contribution is 2.36. The van der Waals surface area contributed by atoms with Crippen LogP contribution in [0.4, 0.5) is 0 Å². The molecule has 3 rings (SSSR count). The molecule has 2 N–H and O–H groups in total. The van der Waals surface area contributed by atoms with Crippen molar-refractivity contribution < 1.29 is 9.15 Å². The summed E-state index contributed by atoms with van der Waals surface area (Å²) in [5.74, 6) is 1.88. The molecule has 4 nitrogen and oxygen atoms in total. The average molecular weight is 246 g/mol. The van der Waals surface area contributed by atoms with Crippen molar-refractivity contribution in [1.82, 2.24) is 4.98 Å². The van der Waals surface area contributed by atoms with Gasteiger partial charge < -0.3 is 14.9 Å². The molecule has 2 atom stereocenters. The molecule has 1 fully saturated rings. The van der Waals surface area contributed by atoms with E-state index in [1.807, 2.05) is 19.1 Å². The van der Waals surface area contributed by atoms with Crippen molar-refractivity contribution in [3.63, 3.8) is 0 Å². The van der Waals surface area contributed by atoms with Crippen molar-refractivity contribution in [2.45, 2.75) is 38.1 Å². The normalized spacial score (nSPS) is 23.7. The van der Waals surface area contributed by atoms with Crippen LogP contribution in [0.25, 0.3) is 11.1 Å². The van der Waals surface area contributed by atoms with E-state index in [9.17, 15) is 0 Å². The smallest absolute Gasteiger partial charge is 0.200 e. The first-order chi connectivity index (χ1) is 8.70. The van der Waals surface area contributed by atoms with Crippen molar-refractivity contribution >= 4 is 11.1 Å². The number of nitrogens with two attached hydrogens (primary N) is 1. The summed E-state index contributed by atoms with van der Waals surface area (Å²) >= 11 is 0. The number of rotatable bonds is 2. The molecular formula is C14H18N2O2. The molecule has 0 aliphatic heterocycles. The molecule has 18 heavy (non-hydrogen) atoms. The van der Waals surface area contributed by atoms with Gasteiger partial charge in [0.15, 0.2) is 11.5 Å². The zero-order valence-corrected chi connectivity index (χ0v) is 10.8. The molecule has 0 radical (unpaired) electrons. The van der Waals surface area contributed by atoms with Crippen LogP contribution in [0.3, 0.4) is 0 Å². The lowest BCUT2D eigenvalue weighted by Crippen LogP contribution is -2.22. The number of benzene rings is 1. The van der Waals surface area contributed by atoms with Crippen molar-refractivity contribution in [3.8, 4) is 5.75 Å². The Bertz CT molecular complexity index is 576. The Morgan fingerprint density at radius 3 is 2.89 bits per heavy atom. The van der Waals surface area contributed by atoms with Gasteiger partial charge in [0.1, 0.15) is 11.3 Å². The van der Waals surface area contributed by atoms with E-state index in [-0.39, 0.29) is 12.0 Å². The summed E-state index contributed by atoms with van der Waals surface area (Å²) in [5.41, 5.74) is 8.82. The minimum absolute atomic E-state index is 0.181. The minimum Gasteiger partial charge on any atom is -0.496 e. The van der Waals surface area contributed by atoms with Gasteiger partial charge in [0.2, 0.25) is 0 Å². The lowest BCUT2D eigenvalue weighted by Gasteiger charge is -2.09. The van der Waals surface area contributed by atoms with Crippen LogP contribution in [-0.2, 0) is 0 Å². The number of fused-ring (bicyclic) bond motifs is 1. The van der Waals surface area contributed by atoms with Gasteiger partial charge in [0.25, 0.3) is 0 Å². The molecule has 1 aliphatic rings. The number of hydrogen-bond acceptors (Lipinski definition) is 4. The predicted octanol–water partition coefficient (Wildman–Crippen LogP) is 2.74. The van der Waals surface area contributed by atoms with Crippen molar-refractivity contribution in [1.29, 1.82) is 0 Å². The van der Waals surface area contributed by atoms with Crippen LogP contribution in [0.15, 0.2) is 16.5 Å². The second-order valence-electron chi connectivity index (χ2n) is 4.99. The first-order valence-corrected chi connectivity index (χ1v) is 6.40. The lowest BCUT2D eigenvalue weighted by atomic mass is 10.1. The van der Waals surface area contributed by atoms with Gasteiger partial charge in [-0.05, 0) is 31.9 Å². The zero-order chi connectivity index (χ0) is 12.7. The third-order valence-corrected chi connectivity index (χ3v) is 3.88. The van der Waals surface area contributed by atoms with Crippen LogP contribution in [0.1, 0.15) is 36.6 Å². The summed E-state index contributed by atoms with van der Waals surface area (Å²) in [5, 5.41) is 0. The highest BCUT2D eigenvalue weighted by Gasteiger charge is 2.30. The second kappa shape index (κ2) is 4.28. The van der Waals surface area contributed by atoms with Gasteiger partial charge in [0, 0.05) is 11.6 Å². The number of aromatic nitrogens is 1. The zero-order valence-electron chi connectivity index (χ0n) is 10.8. The summed E-state index contributed by atoms with van der Waals surface area (Å²) in [7, 11) is 1.67. The molecule has 2 unspecified atom stereocenters. The molecule has 0 spiro atoms. The second-order valence-corrected chi connectivity index (χ2v) is 4.99. The fourth-order valence-electron chi connectivity index (χ4n) is 2.80. The molecule has 4 heteroatoms. The van der Waals surface area contributed by atoms with Gasteiger partial charge in [-0.2, -0.15) is 0 Å². The molecule has 0 amide bonds. The van der Waals surface area contributed by atoms with E-state index in [0.29, 0.717) is 0 Å². The maximum absolute atomic E-state index is 6.10. The number of nitrogens with zero attached hydrogens (tertiary/aromatic N) is 1. The fourth-order valence-corrected chi connectivity index (χ4v) is 2.80. The van der Waals surface area contributed by atoms with Crippen LogP contribution in [0.2, 0.25) is 0 Å². The Hall–Kier alpha value is -1.55. The lowest BCUT2D eigenvalue weighted by molar-refractivity contribution is 0.409. The Morgan fingerprint density at radius 2 is 2.22 bits per heavy atom. The molecule has 1 aromatic carbocycles. The summed E-state index contributed by atoms with van der Waals surface area (Å²) in [6, 6.07) is 4.05. The monoisotopic (exact) mass is 246 g/mol. The molecule has 1 aliphatic carbocycles. The summed E-state index contributed by atoms with van der Waals surface area (Å²) in [6.45, 7) is 1.99. The van der Waals surface area contributed by atoms with E-state index in [1.54, 1.807) is 7.11 Å². The molecule has 96 valence electrons. The van der Waals surface area contributed by atoms with E-state index in [1.165, 1.54) is 0 Å². The van der Waals surface area contributed by atoms with Gasteiger partial charge in [-0.25, -0.2) is 4.98 Å². The number of aryl methyl sites for hydroxylation is 1. The van der Waals surface area contributed by atoms with Crippen LogP contribution in [0.5, 0.6) is 5.75 Å². The van der Waals surface area contributed by atoms with Gasteiger partial charge in [-0.3, -0.25) is 0 Å². The maximum Gasteiger partial charge on any atom is 0.200 e. The fraction of sp³-hybridized carbons (Fsp3) is 0.500. The minimum atomic E-state index is 0.181. The molecule has 1 aromatic heterocycles. The molecule has 0 bridgehead atoms. The summed E-state index contributed by atoms with van der Waals surface area (Å²) in [6.07, 6.45) is 3.29. The van der Waals surface area contributed by atoms with Crippen LogP contribution in [-0.4, -0.2) is 18.1 Å². The van der Waals surface area contributed by atoms with Crippen LogP contribution in [0, 0.1) is 6.92 Å². The van der Waals surface area contributed by atoms with E-state index in [4.69, 9.17) is 14.9 Å². The topological polar surface area (TPSA) is 61.3 Å².